The molecule has 1 aromatic rings. The van der Waals surface area contributed by atoms with E-state index in [1.54, 1.807) is 0 Å². The molecule has 122 valence electrons. The van der Waals surface area contributed by atoms with Gasteiger partial charge in [-0.15, -0.1) is 10.2 Å². The van der Waals surface area contributed by atoms with E-state index < -0.39 is 0 Å². The van der Waals surface area contributed by atoms with Gasteiger partial charge in [0.25, 0.3) is 5.91 Å². The predicted molar refractivity (Wildman–Crippen MR) is 89.1 cm³/mol. The number of nitrogens with zero attached hydrogens (tertiary/aromatic N) is 4. The minimum Gasteiger partial charge on any atom is -0.355 e. The van der Waals surface area contributed by atoms with Gasteiger partial charge in [-0.1, -0.05) is 20.8 Å². The summed E-state index contributed by atoms with van der Waals surface area (Å²) >= 11 is 0. The van der Waals surface area contributed by atoms with E-state index in [1.807, 2.05) is 17.0 Å². The van der Waals surface area contributed by atoms with E-state index in [9.17, 15) is 4.79 Å². The van der Waals surface area contributed by atoms with Gasteiger partial charge in [-0.3, -0.25) is 4.79 Å². The van der Waals surface area contributed by atoms with E-state index in [0.29, 0.717) is 5.69 Å². The maximum atomic E-state index is 12.5. The topological polar surface area (TPSA) is 49.3 Å². The van der Waals surface area contributed by atoms with Crippen LogP contribution in [0.4, 0.5) is 5.82 Å². The average Bonchev–Trinajstić information content (AvgIpc) is 2.55. The van der Waals surface area contributed by atoms with Gasteiger partial charge in [0.2, 0.25) is 0 Å². The van der Waals surface area contributed by atoms with Crippen molar-refractivity contribution in [3.63, 3.8) is 0 Å². The molecule has 2 rings (SSSR count). The second-order valence-corrected chi connectivity index (χ2v) is 6.24. The average molecular weight is 304 g/mol. The molecule has 1 aliphatic heterocycles. The number of carbonyl (C=O) groups excluding carboxylic acids is 1. The van der Waals surface area contributed by atoms with E-state index in [0.717, 1.165) is 50.8 Å². The first-order chi connectivity index (χ1) is 10.7. The summed E-state index contributed by atoms with van der Waals surface area (Å²) in [5.41, 5.74) is 0.455. The third-order valence-electron chi connectivity index (χ3n) is 4.25. The van der Waals surface area contributed by atoms with Crippen LogP contribution in [0.1, 0.15) is 56.9 Å². The first-order valence-electron chi connectivity index (χ1n) is 8.53. The molecule has 0 radical (unpaired) electrons. The Morgan fingerprint density at radius 1 is 1.18 bits per heavy atom. The summed E-state index contributed by atoms with van der Waals surface area (Å²) in [5.74, 6) is 1.68. The van der Waals surface area contributed by atoms with E-state index in [1.165, 1.54) is 12.8 Å². The smallest absolute Gasteiger partial charge is 0.274 e. The number of rotatable bonds is 6. The van der Waals surface area contributed by atoms with E-state index in [2.05, 4.69) is 35.9 Å². The number of hydrogen-bond donors (Lipinski definition) is 0. The lowest BCUT2D eigenvalue weighted by Gasteiger charge is -2.30. The highest BCUT2D eigenvalue weighted by molar-refractivity contribution is 5.92. The van der Waals surface area contributed by atoms with E-state index in [4.69, 9.17) is 0 Å². The molecule has 0 unspecified atom stereocenters. The number of aromatic nitrogens is 2. The third kappa shape index (κ3) is 4.18. The van der Waals surface area contributed by atoms with Crippen molar-refractivity contribution >= 4 is 11.7 Å². The Labute approximate surface area is 133 Å². The molecular weight excluding hydrogens is 276 g/mol. The van der Waals surface area contributed by atoms with Crippen LogP contribution in [-0.2, 0) is 0 Å². The van der Waals surface area contributed by atoms with Gasteiger partial charge < -0.3 is 9.80 Å². The lowest BCUT2D eigenvalue weighted by atomic mass is 9.99. The molecule has 22 heavy (non-hydrogen) atoms. The summed E-state index contributed by atoms with van der Waals surface area (Å²) in [5, 5.41) is 8.45. The number of anilines is 1. The van der Waals surface area contributed by atoms with Gasteiger partial charge in [0.15, 0.2) is 11.5 Å². The van der Waals surface area contributed by atoms with Crippen LogP contribution >= 0.6 is 0 Å². The quantitative estimate of drug-likeness (QED) is 0.810. The fourth-order valence-corrected chi connectivity index (χ4v) is 2.86. The predicted octanol–water partition coefficient (Wildman–Crippen LogP) is 2.98. The SMILES string of the molecule is CCCN(CCC)C(=O)c1ccc(N2CCC(C)CC2)nn1. The number of carbonyl (C=O) groups is 1. The molecule has 1 amide bonds. The van der Waals surface area contributed by atoms with Crippen molar-refractivity contribution in [2.24, 2.45) is 5.92 Å². The molecule has 5 heteroatoms. The van der Waals surface area contributed by atoms with Crippen LogP contribution in [0.3, 0.4) is 0 Å². The molecule has 5 nitrogen and oxygen atoms in total. The molecule has 1 fully saturated rings. The summed E-state index contributed by atoms with van der Waals surface area (Å²) in [6.45, 7) is 10.1. The Hall–Kier alpha value is -1.65. The second-order valence-electron chi connectivity index (χ2n) is 6.24. The summed E-state index contributed by atoms with van der Waals surface area (Å²) < 4.78 is 0. The fourth-order valence-electron chi connectivity index (χ4n) is 2.86. The van der Waals surface area contributed by atoms with Crippen molar-refractivity contribution in [1.29, 1.82) is 0 Å². The zero-order valence-electron chi connectivity index (χ0n) is 14.1. The molecule has 2 heterocycles. The minimum absolute atomic E-state index is 0.00461. The van der Waals surface area contributed by atoms with Gasteiger partial charge in [0.05, 0.1) is 0 Å². The summed E-state index contributed by atoms with van der Waals surface area (Å²) in [4.78, 5) is 16.6. The van der Waals surface area contributed by atoms with Crippen LogP contribution in [-0.4, -0.2) is 47.2 Å². The monoisotopic (exact) mass is 304 g/mol. The van der Waals surface area contributed by atoms with Crippen LogP contribution in [0.5, 0.6) is 0 Å². The lowest BCUT2D eigenvalue weighted by Crippen LogP contribution is -2.35. The van der Waals surface area contributed by atoms with E-state index >= 15 is 0 Å². The summed E-state index contributed by atoms with van der Waals surface area (Å²) in [6.07, 6.45) is 4.32. The Kier molecular flexibility index (Phi) is 6.16. The van der Waals surface area contributed by atoms with Crippen molar-refractivity contribution in [2.45, 2.75) is 46.5 Å². The Morgan fingerprint density at radius 3 is 2.32 bits per heavy atom. The largest absolute Gasteiger partial charge is 0.355 e. The molecule has 0 aliphatic carbocycles. The van der Waals surface area contributed by atoms with Crippen LogP contribution in [0.2, 0.25) is 0 Å². The Bertz CT molecular complexity index is 460. The number of piperidine rings is 1. The van der Waals surface area contributed by atoms with Gasteiger partial charge in [-0.25, -0.2) is 0 Å². The molecule has 1 saturated heterocycles. The number of amides is 1. The van der Waals surface area contributed by atoms with Gasteiger partial charge in [0, 0.05) is 26.2 Å². The first-order valence-corrected chi connectivity index (χ1v) is 8.53. The molecule has 0 N–H and O–H groups in total. The van der Waals surface area contributed by atoms with E-state index in [-0.39, 0.29) is 5.91 Å². The van der Waals surface area contributed by atoms with Gasteiger partial charge in [0.1, 0.15) is 0 Å². The third-order valence-corrected chi connectivity index (χ3v) is 4.25. The van der Waals surface area contributed by atoms with Gasteiger partial charge >= 0.3 is 0 Å². The molecule has 1 aromatic heterocycles. The van der Waals surface area contributed by atoms with Crippen LogP contribution in [0.25, 0.3) is 0 Å². The molecular formula is C17H28N4O. The van der Waals surface area contributed by atoms with Gasteiger partial charge in [-0.2, -0.15) is 0 Å². The zero-order valence-corrected chi connectivity index (χ0v) is 14.1. The van der Waals surface area contributed by atoms with Crippen molar-refractivity contribution in [1.82, 2.24) is 15.1 Å². The summed E-state index contributed by atoms with van der Waals surface area (Å²) in [7, 11) is 0. The normalized spacial score (nSPS) is 15.9. The highest BCUT2D eigenvalue weighted by Crippen LogP contribution is 2.20. The van der Waals surface area contributed by atoms with Gasteiger partial charge in [-0.05, 0) is 43.7 Å². The molecule has 0 spiro atoms. The fraction of sp³-hybridized carbons (Fsp3) is 0.706. The molecule has 0 aromatic carbocycles. The first kappa shape index (κ1) is 16.7. The summed E-state index contributed by atoms with van der Waals surface area (Å²) in [6, 6.07) is 3.76. The maximum absolute atomic E-state index is 12.5. The lowest BCUT2D eigenvalue weighted by molar-refractivity contribution is 0.0748. The van der Waals surface area contributed by atoms with Crippen molar-refractivity contribution in [2.75, 3.05) is 31.1 Å². The van der Waals surface area contributed by atoms with Crippen molar-refractivity contribution in [3.05, 3.63) is 17.8 Å². The van der Waals surface area contributed by atoms with Crippen LogP contribution in [0.15, 0.2) is 12.1 Å². The minimum atomic E-state index is -0.00461. The highest BCUT2D eigenvalue weighted by Gasteiger charge is 2.19. The standard InChI is InChI=1S/C17H28N4O/c1-4-10-21(11-5-2)17(22)15-6-7-16(19-18-15)20-12-8-14(3)9-13-20/h6-7,14H,4-5,8-13H2,1-3H3. The van der Waals surface area contributed by atoms with Crippen molar-refractivity contribution in [3.8, 4) is 0 Å². The second kappa shape index (κ2) is 8.11. The molecule has 0 atom stereocenters. The highest BCUT2D eigenvalue weighted by atomic mass is 16.2. The Balaban J connectivity index is 2.02. The maximum Gasteiger partial charge on any atom is 0.274 e. The van der Waals surface area contributed by atoms with Crippen LogP contribution < -0.4 is 4.90 Å². The van der Waals surface area contributed by atoms with Crippen LogP contribution in [0, 0.1) is 5.92 Å². The molecule has 1 aliphatic rings. The van der Waals surface area contributed by atoms with Crippen molar-refractivity contribution < 1.29 is 4.79 Å². The number of hydrogen-bond acceptors (Lipinski definition) is 4. The zero-order chi connectivity index (χ0) is 15.9. The molecule has 0 saturated carbocycles. The Morgan fingerprint density at radius 2 is 1.82 bits per heavy atom. The molecule has 0 bridgehead atoms.